The van der Waals surface area contributed by atoms with Crippen molar-refractivity contribution in [2.24, 2.45) is 0 Å². The molecule has 0 heterocycles. The highest BCUT2D eigenvalue weighted by molar-refractivity contribution is 6.30. The standard InChI is InChI=1S/C18H20ClNO3/c1-13(11-22-2)20-18(21)16-5-3-4-6-17(16)23-12-14-7-9-15(19)10-8-14/h3-10,13H,11-12H2,1-2H3,(H,20,21). The van der Waals surface area contributed by atoms with Crippen LogP contribution in [0.4, 0.5) is 0 Å². The second-order valence-corrected chi connectivity index (χ2v) is 5.68. The molecular weight excluding hydrogens is 314 g/mol. The molecule has 4 nitrogen and oxygen atoms in total. The van der Waals surface area contributed by atoms with E-state index in [4.69, 9.17) is 21.1 Å². The molecule has 0 saturated heterocycles. The van der Waals surface area contributed by atoms with Crippen LogP contribution in [0.2, 0.25) is 5.02 Å². The number of nitrogens with one attached hydrogen (secondary N) is 1. The summed E-state index contributed by atoms with van der Waals surface area (Å²) in [4.78, 5) is 12.3. The highest BCUT2D eigenvalue weighted by Gasteiger charge is 2.14. The first-order valence-corrected chi connectivity index (χ1v) is 7.74. The van der Waals surface area contributed by atoms with Gasteiger partial charge in [-0.2, -0.15) is 0 Å². The molecule has 1 atom stereocenters. The third-order valence-corrected chi connectivity index (χ3v) is 3.49. The molecule has 122 valence electrons. The van der Waals surface area contributed by atoms with Gasteiger partial charge in [-0.25, -0.2) is 0 Å². The molecule has 0 saturated carbocycles. The Kier molecular flexibility index (Phi) is 6.44. The number of carbonyl (C=O) groups excluding carboxylic acids is 1. The van der Waals surface area contributed by atoms with Gasteiger partial charge in [0.15, 0.2) is 0 Å². The maximum atomic E-state index is 12.3. The van der Waals surface area contributed by atoms with Crippen LogP contribution in [-0.4, -0.2) is 25.7 Å². The fourth-order valence-corrected chi connectivity index (χ4v) is 2.24. The van der Waals surface area contributed by atoms with E-state index >= 15 is 0 Å². The third kappa shape index (κ3) is 5.27. The number of para-hydroxylation sites is 1. The molecule has 2 aromatic carbocycles. The van der Waals surface area contributed by atoms with Gasteiger partial charge in [-0.15, -0.1) is 0 Å². The van der Waals surface area contributed by atoms with Crippen molar-refractivity contribution in [3.8, 4) is 5.75 Å². The Bertz CT molecular complexity index is 643. The molecule has 0 bridgehead atoms. The average Bonchev–Trinajstić information content (AvgIpc) is 2.55. The lowest BCUT2D eigenvalue weighted by molar-refractivity contribution is 0.0901. The summed E-state index contributed by atoms with van der Waals surface area (Å²) in [6, 6.07) is 14.5. The van der Waals surface area contributed by atoms with Gasteiger partial charge in [0.1, 0.15) is 12.4 Å². The summed E-state index contributed by atoms with van der Waals surface area (Å²) < 4.78 is 10.8. The van der Waals surface area contributed by atoms with Gasteiger partial charge in [0, 0.05) is 18.2 Å². The van der Waals surface area contributed by atoms with Crippen LogP contribution in [0.25, 0.3) is 0 Å². The lowest BCUT2D eigenvalue weighted by Crippen LogP contribution is -2.35. The fraction of sp³-hybridized carbons (Fsp3) is 0.278. The molecule has 0 fully saturated rings. The Hall–Kier alpha value is -2.04. The SMILES string of the molecule is COCC(C)NC(=O)c1ccccc1OCc1ccc(Cl)cc1. The Morgan fingerprint density at radius 3 is 2.57 bits per heavy atom. The van der Waals surface area contributed by atoms with Crippen molar-refractivity contribution in [1.29, 1.82) is 0 Å². The molecule has 0 spiro atoms. The van der Waals surface area contributed by atoms with E-state index in [0.717, 1.165) is 5.56 Å². The predicted molar refractivity (Wildman–Crippen MR) is 91.0 cm³/mol. The van der Waals surface area contributed by atoms with E-state index in [2.05, 4.69) is 5.32 Å². The Labute approximate surface area is 141 Å². The molecular formula is C18H20ClNO3. The summed E-state index contributed by atoms with van der Waals surface area (Å²) in [5.74, 6) is 0.367. The molecule has 1 N–H and O–H groups in total. The van der Waals surface area contributed by atoms with Gasteiger partial charge in [0.05, 0.1) is 12.2 Å². The van der Waals surface area contributed by atoms with Gasteiger partial charge in [0.2, 0.25) is 0 Å². The summed E-state index contributed by atoms with van der Waals surface area (Å²) in [5, 5.41) is 3.56. The van der Waals surface area contributed by atoms with Crippen molar-refractivity contribution in [3.63, 3.8) is 0 Å². The van der Waals surface area contributed by atoms with E-state index in [1.807, 2.05) is 43.3 Å². The second-order valence-electron chi connectivity index (χ2n) is 5.24. The number of carbonyl (C=O) groups is 1. The van der Waals surface area contributed by atoms with Gasteiger partial charge in [-0.05, 0) is 36.8 Å². The largest absolute Gasteiger partial charge is 0.488 e. The summed E-state index contributed by atoms with van der Waals surface area (Å²) in [6.07, 6.45) is 0. The van der Waals surface area contributed by atoms with Crippen molar-refractivity contribution < 1.29 is 14.3 Å². The van der Waals surface area contributed by atoms with E-state index in [1.165, 1.54) is 0 Å². The number of ether oxygens (including phenoxy) is 2. The van der Waals surface area contributed by atoms with Crippen LogP contribution in [0.1, 0.15) is 22.8 Å². The quantitative estimate of drug-likeness (QED) is 0.840. The van der Waals surface area contributed by atoms with Gasteiger partial charge in [0.25, 0.3) is 5.91 Å². The first-order chi connectivity index (χ1) is 11.1. The zero-order valence-corrected chi connectivity index (χ0v) is 14.0. The maximum absolute atomic E-state index is 12.3. The van der Waals surface area contributed by atoms with E-state index in [1.54, 1.807) is 19.2 Å². The molecule has 1 amide bonds. The van der Waals surface area contributed by atoms with Crippen LogP contribution in [0, 0.1) is 0 Å². The zero-order valence-electron chi connectivity index (χ0n) is 13.2. The number of rotatable bonds is 7. The van der Waals surface area contributed by atoms with Crippen molar-refractivity contribution in [2.45, 2.75) is 19.6 Å². The number of hydrogen-bond donors (Lipinski definition) is 1. The molecule has 0 radical (unpaired) electrons. The lowest BCUT2D eigenvalue weighted by atomic mass is 10.1. The molecule has 0 aliphatic carbocycles. The van der Waals surface area contributed by atoms with Gasteiger partial charge in [-0.1, -0.05) is 35.9 Å². The molecule has 23 heavy (non-hydrogen) atoms. The highest BCUT2D eigenvalue weighted by atomic mass is 35.5. The van der Waals surface area contributed by atoms with Crippen LogP contribution < -0.4 is 10.1 Å². The van der Waals surface area contributed by atoms with Crippen molar-refractivity contribution in [1.82, 2.24) is 5.32 Å². The number of methoxy groups -OCH3 is 1. The summed E-state index contributed by atoms with van der Waals surface area (Å²) in [6.45, 7) is 2.72. The van der Waals surface area contributed by atoms with Gasteiger partial charge < -0.3 is 14.8 Å². The first kappa shape index (κ1) is 17.3. The molecule has 1 unspecified atom stereocenters. The Balaban J connectivity index is 2.04. The van der Waals surface area contributed by atoms with Crippen LogP contribution in [0.3, 0.4) is 0 Å². The Morgan fingerprint density at radius 2 is 1.87 bits per heavy atom. The predicted octanol–water partition coefficient (Wildman–Crippen LogP) is 3.68. The highest BCUT2D eigenvalue weighted by Crippen LogP contribution is 2.20. The van der Waals surface area contributed by atoms with E-state index in [9.17, 15) is 4.79 Å². The molecule has 2 aromatic rings. The van der Waals surface area contributed by atoms with Crippen LogP contribution in [0.5, 0.6) is 5.75 Å². The summed E-state index contributed by atoms with van der Waals surface area (Å²) in [7, 11) is 1.60. The summed E-state index contributed by atoms with van der Waals surface area (Å²) >= 11 is 5.87. The minimum absolute atomic E-state index is 0.0724. The monoisotopic (exact) mass is 333 g/mol. The van der Waals surface area contributed by atoms with Gasteiger partial charge in [-0.3, -0.25) is 4.79 Å². The molecule has 0 aliphatic rings. The average molecular weight is 334 g/mol. The Morgan fingerprint density at radius 1 is 1.17 bits per heavy atom. The number of hydrogen-bond acceptors (Lipinski definition) is 3. The van der Waals surface area contributed by atoms with E-state index in [-0.39, 0.29) is 11.9 Å². The number of benzene rings is 2. The lowest BCUT2D eigenvalue weighted by Gasteiger charge is -2.15. The van der Waals surface area contributed by atoms with E-state index in [0.29, 0.717) is 29.5 Å². The van der Waals surface area contributed by atoms with Crippen molar-refractivity contribution in [2.75, 3.05) is 13.7 Å². The van der Waals surface area contributed by atoms with E-state index < -0.39 is 0 Å². The maximum Gasteiger partial charge on any atom is 0.255 e. The van der Waals surface area contributed by atoms with Crippen LogP contribution in [-0.2, 0) is 11.3 Å². The molecule has 0 aromatic heterocycles. The first-order valence-electron chi connectivity index (χ1n) is 7.36. The number of halogens is 1. The number of amides is 1. The molecule has 0 aliphatic heterocycles. The second kappa shape index (κ2) is 8.56. The summed E-state index contributed by atoms with van der Waals surface area (Å²) in [5.41, 5.74) is 1.49. The smallest absolute Gasteiger partial charge is 0.255 e. The minimum Gasteiger partial charge on any atom is -0.488 e. The van der Waals surface area contributed by atoms with Crippen molar-refractivity contribution >= 4 is 17.5 Å². The fourth-order valence-electron chi connectivity index (χ4n) is 2.12. The molecule has 5 heteroatoms. The zero-order chi connectivity index (χ0) is 16.7. The van der Waals surface area contributed by atoms with Crippen LogP contribution >= 0.6 is 11.6 Å². The topological polar surface area (TPSA) is 47.6 Å². The van der Waals surface area contributed by atoms with Gasteiger partial charge >= 0.3 is 0 Å². The van der Waals surface area contributed by atoms with Crippen molar-refractivity contribution in [3.05, 3.63) is 64.7 Å². The third-order valence-electron chi connectivity index (χ3n) is 3.23. The minimum atomic E-state index is -0.179. The van der Waals surface area contributed by atoms with Crippen LogP contribution in [0.15, 0.2) is 48.5 Å². The molecule has 2 rings (SSSR count). The normalized spacial score (nSPS) is 11.8.